The molecule has 39 heavy (non-hydrogen) atoms. The number of halogens is 1. The SMILES string of the molecule is Cc1ccc(NC(=O)c2c(-n3c(C)cc(/C=N/NC(=O)Nc4ccc(Br)cc4)c3C)sc3c2CCCC3)cc1. The van der Waals surface area contributed by atoms with Crippen LogP contribution in [0.25, 0.3) is 5.00 Å². The van der Waals surface area contributed by atoms with Gasteiger partial charge in [-0.15, -0.1) is 11.3 Å². The summed E-state index contributed by atoms with van der Waals surface area (Å²) in [5.41, 5.74) is 9.87. The summed E-state index contributed by atoms with van der Waals surface area (Å²) in [6.07, 6.45) is 5.77. The van der Waals surface area contributed by atoms with Crippen LogP contribution in [0.4, 0.5) is 16.2 Å². The van der Waals surface area contributed by atoms with Crippen molar-refractivity contribution in [3.05, 3.63) is 97.6 Å². The van der Waals surface area contributed by atoms with Gasteiger partial charge in [0.25, 0.3) is 5.91 Å². The molecule has 0 spiro atoms. The van der Waals surface area contributed by atoms with Gasteiger partial charge in [-0.3, -0.25) is 4.79 Å². The fourth-order valence-electron chi connectivity index (χ4n) is 4.86. The molecule has 0 saturated heterocycles. The van der Waals surface area contributed by atoms with E-state index >= 15 is 0 Å². The molecule has 3 N–H and O–H groups in total. The number of hydrogen-bond acceptors (Lipinski definition) is 4. The van der Waals surface area contributed by atoms with Crippen molar-refractivity contribution in [2.75, 3.05) is 10.6 Å². The summed E-state index contributed by atoms with van der Waals surface area (Å²) in [6, 6.07) is 16.8. The topological polar surface area (TPSA) is 87.5 Å². The van der Waals surface area contributed by atoms with Crippen molar-refractivity contribution < 1.29 is 9.59 Å². The second-order valence-corrected chi connectivity index (χ2v) is 11.7. The molecule has 0 saturated carbocycles. The van der Waals surface area contributed by atoms with E-state index in [1.54, 1.807) is 29.7 Å². The van der Waals surface area contributed by atoms with Crippen molar-refractivity contribution in [3.8, 4) is 5.00 Å². The summed E-state index contributed by atoms with van der Waals surface area (Å²) < 4.78 is 3.07. The second-order valence-electron chi connectivity index (χ2n) is 9.70. The zero-order valence-corrected chi connectivity index (χ0v) is 24.5. The van der Waals surface area contributed by atoms with E-state index in [-0.39, 0.29) is 5.91 Å². The molecule has 0 unspecified atom stereocenters. The summed E-state index contributed by atoms with van der Waals surface area (Å²) in [4.78, 5) is 27.2. The van der Waals surface area contributed by atoms with Crippen LogP contribution in [0, 0.1) is 20.8 Å². The number of urea groups is 1. The molecule has 1 aliphatic rings. The van der Waals surface area contributed by atoms with E-state index in [1.165, 1.54) is 10.4 Å². The van der Waals surface area contributed by atoms with E-state index in [0.29, 0.717) is 5.69 Å². The third-order valence-corrected chi connectivity index (χ3v) is 8.64. The Morgan fingerprint density at radius 3 is 2.36 bits per heavy atom. The van der Waals surface area contributed by atoms with Gasteiger partial charge in [0.1, 0.15) is 5.00 Å². The summed E-state index contributed by atoms with van der Waals surface area (Å²) in [6.45, 7) is 6.07. The number of aryl methyl sites for hydroxylation is 3. The standard InChI is InChI=1S/C30H30BrN5O2S/c1-18-8-12-23(13-9-18)33-28(37)27-25-6-4-5-7-26(25)39-29(27)36-19(2)16-21(20(36)3)17-32-35-30(38)34-24-14-10-22(31)11-15-24/h8-17H,4-7H2,1-3H3,(H,33,37)(H2,34,35,38)/b32-17+. The first-order valence-corrected chi connectivity index (χ1v) is 14.5. The number of nitrogens with zero attached hydrogens (tertiary/aromatic N) is 2. The van der Waals surface area contributed by atoms with Gasteiger partial charge in [0.15, 0.2) is 0 Å². The van der Waals surface area contributed by atoms with Gasteiger partial charge in [-0.1, -0.05) is 33.6 Å². The van der Waals surface area contributed by atoms with Gasteiger partial charge in [-0.25, -0.2) is 10.2 Å². The van der Waals surface area contributed by atoms with E-state index in [4.69, 9.17) is 0 Å². The Balaban J connectivity index is 1.40. The minimum absolute atomic E-state index is 0.0813. The quantitative estimate of drug-likeness (QED) is 0.157. The maximum atomic E-state index is 13.7. The van der Waals surface area contributed by atoms with Crippen LogP contribution in [0.2, 0.25) is 0 Å². The molecular weight excluding hydrogens is 574 g/mol. The van der Waals surface area contributed by atoms with Crippen molar-refractivity contribution in [1.82, 2.24) is 9.99 Å². The number of aromatic nitrogens is 1. The van der Waals surface area contributed by atoms with Crippen molar-refractivity contribution in [2.24, 2.45) is 5.10 Å². The minimum atomic E-state index is -0.427. The fraction of sp³-hybridized carbons (Fsp3) is 0.233. The third-order valence-electron chi connectivity index (χ3n) is 6.83. The molecule has 1 aliphatic carbocycles. The third kappa shape index (κ3) is 5.99. The van der Waals surface area contributed by atoms with Gasteiger partial charge in [-0.05, 0) is 94.5 Å². The zero-order chi connectivity index (χ0) is 27.5. The van der Waals surface area contributed by atoms with E-state index < -0.39 is 6.03 Å². The first-order valence-electron chi connectivity index (χ1n) is 12.9. The Hall–Kier alpha value is -3.69. The molecule has 200 valence electrons. The van der Waals surface area contributed by atoms with Gasteiger partial charge < -0.3 is 15.2 Å². The first-order chi connectivity index (χ1) is 18.8. The second kappa shape index (κ2) is 11.6. The Labute approximate surface area is 240 Å². The maximum absolute atomic E-state index is 13.7. The smallest absolute Gasteiger partial charge is 0.322 e. The van der Waals surface area contributed by atoms with Crippen LogP contribution in [-0.4, -0.2) is 22.7 Å². The molecule has 0 atom stereocenters. The zero-order valence-electron chi connectivity index (χ0n) is 22.1. The lowest BCUT2D eigenvalue weighted by atomic mass is 9.95. The monoisotopic (exact) mass is 603 g/mol. The van der Waals surface area contributed by atoms with Crippen molar-refractivity contribution in [2.45, 2.75) is 46.5 Å². The number of hydrazone groups is 1. The Morgan fingerprint density at radius 2 is 1.62 bits per heavy atom. The maximum Gasteiger partial charge on any atom is 0.339 e. The van der Waals surface area contributed by atoms with E-state index in [9.17, 15) is 9.59 Å². The van der Waals surface area contributed by atoms with E-state index in [0.717, 1.165) is 68.9 Å². The van der Waals surface area contributed by atoms with Crippen LogP contribution >= 0.6 is 27.3 Å². The summed E-state index contributed by atoms with van der Waals surface area (Å²) in [7, 11) is 0. The molecule has 0 fully saturated rings. The number of amides is 3. The molecule has 3 amide bonds. The van der Waals surface area contributed by atoms with Crippen molar-refractivity contribution in [1.29, 1.82) is 0 Å². The lowest BCUT2D eigenvalue weighted by Gasteiger charge is -2.14. The summed E-state index contributed by atoms with van der Waals surface area (Å²) in [5.74, 6) is -0.0813. The number of rotatable bonds is 6. The number of carbonyl (C=O) groups excluding carboxylic acids is 2. The van der Waals surface area contributed by atoms with Crippen LogP contribution in [0.1, 0.15) is 56.2 Å². The molecule has 4 aromatic rings. The summed E-state index contributed by atoms with van der Waals surface area (Å²) >= 11 is 5.08. The van der Waals surface area contributed by atoms with E-state index in [2.05, 4.69) is 41.7 Å². The first kappa shape index (κ1) is 26.9. The molecule has 5 rings (SSSR count). The fourth-order valence-corrected chi connectivity index (χ4v) is 6.62. The van der Waals surface area contributed by atoms with Crippen LogP contribution < -0.4 is 16.1 Å². The van der Waals surface area contributed by atoms with Gasteiger partial charge in [0.05, 0.1) is 11.8 Å². The Morgan fingerprint density at radius 1 is 0.949 bits per heavy atom. The number of nitrogens with one attached hydrogen (secondary N) is 3. The summed E-state index contributed by atoms with van der Waals surface area (Å²) in [5, 5.41) is 11.0. The normalized spacial score (nSPS) is 12.8. The van der Waals surface area contributed by atoms with Crippen LogP contribution in [0.5, 0.6) is 0 Å². The lowest BCUT2D eigenvalue weighted by molar-refractivity contribution is 0.102. The van der Waals surface area contributed by atoms with Crippen LogP contribution in [0.3, 0.4) is 0 Å². The molecule has 0 aliphatic heterocycles. The molecule has 9 heteroatoms. The van der Waals surface area contributed by atoms with Gasteiger partial charge >= 0.3 is 6.03 Å². The Bertz CT molecular complexity index is 1550. The van der Waals surface area contributed by atoms with E-state index in [1.807, 2.05) is 63.2 Å². The average Bonchev–Trinajstić information content (AvgIpc) is 3.42. The Kier molecular flexibility index (Phi) is 7.99. The molecule has 2 aromatic heterocycles. The highest BCUT2D eigenvalue weighted by atomic mass is 79.9. The minimum Gasteiger partial charge on any atom is -0.322 e. The van der Waals surface area contributed by atoms with Gasteiger partial charge in [-0.2, -0.15) is 5.10 Å². The molecule has 0 bridgehead atoms. The highest BCUT2D eigenvalue weighted by Crippen LogP contribution is 2.39. The number of anilines is 2. The number of benzene rings is 2. The highest BCUT2D eigenvalue weighted by molar-refractivity contribution is 9.10. The molecule has 2 heterocycles. The highest BCUT2D eigenvalue weighted by Gasteiger charge is 2.28. The number of carbonyl (C=O) groups is 2. The molecule has 7 nitrogen and oxygen atoms in total. The van der Waals surface area contributed by atoms with Crippen LogP contribution in [-0.2, 0) is 12.8 Å². The number of thiophene rings is 1. The predicted molar refractivity (Wildman–Crippen MR) is 163 cm³/mol. The largest absolute Gasteiger partial charge is 0.339 e. The lowest BCUT2D eigenvalue weighted by Crippen LogP contribution is -2.24. The van der Waals surface area contributed by atoms with Crippen molar-refractivity contribution >= 4 is 56.8 Å². The molecule has 2 aromatic carbocycles. The number of fused-ring (bicyclic) bond motifs is 1. The average molecular weight is 605 g/mol. The van der Waals surface area contributed by atoms with Gasteiger partial charge in [0, 0.05) is 37.7 Å². The molecular formula is C30H30BrN5O2S. The van der Waals surface area contributed by atoms with Gasteiger partial charge in [0.2, 0.25) is 0 Å². The predicted octanol–water partition coefficient (Wildman–Crippen LogP) is 7.51. The molecule has 0 radical (unpaired) electrons. The number of hydrogen-bond donors (Lipinski definition) is 3. The van der Waals surface area contributed by atoms with Crippen LogP contribution in [0.15, 0.2) is 64.2 Å². The van der Waals surface area contributed by atoms with Crippen molar-refractivity contribution in [3.63, 3.8) is 0 Å².